The average Bonchev–Trinajstić information content (AvgIpc) is 2.94. The van der Waals surface area contributed by atoms with Gasteiger partial charge in [0.2, 0.25) is 0 Å². The normalized spacial score (nSPS) is 15.5. The van der Waals surface area contributed by atoms with Crippen LogP contribution in [0.3, 0.4) is 0 Å². The summed E-state index contributed by atoms with van der Waals surface area (Å²) < 4.78 is 0. The zero-order valence-electron chi connectivity index (χ0n) is 16.3. The highest BCUT2D eigenvalue weighted by molar-refractivity contribution is 6.01. The summed E-state index contributed by atoms with van der Waals surface area (Å²) in [7, 11) is 0. The lowest BCUT2D eigenvalue weighted by molar-refractivity contribution is 0.0758. The summed E-state index contributed by atoms with van der Waals surface area (Å²) in [4.78, 5) is 17.4. The van der Waals surface area contributed by atoms with Crippen molar-refractivity contribution in [1.82, 2.24) is 9.80 Å². The number of benzene rings is 3. The van der Waals surface area contributed by atoms with Crippen LogP contribution >= 0.6 is 0 Å². The van der Waals surface area contributed by atoms with Crippen LogP contribution in [0.2, 0.25) is 0 Å². The predicted molar refractivity (Wildman–Crippen MR) is 113 cm³/mol. The molecule has 1 saturated heterocycles. The number of hydrogen-bond acceptors (Lipinski definition) is 3. The molecule has 4 heteroatoms. The average molecular weight is 374 g/mol. The molecular weight excluding hydrogens is 348 g/mol. The van der Waals surface area contributed by atoms with Crippen molar-refractivity contribution >= 4 is 16.7 Å². The quantitative estimate of drug-likeness (QED) is 0.747. The molecule has 0 spiro atoms. The molecule has 0 saturated carbocycles. The topological polar surface area (TPSA) is 43.8 Å². The number of carbonyl (C=O) groups is 1. The Balaban J connectivity index is 1.47. The van der Waals surface area contributed by atoms with E-state index in [4.69, 9.17) is 0 Å². The number of phenolic OH excluding ortho intramolecular Hbond substituents is 1. The SMILES string of the molecule is Cc1ccccc1CN1CCCN(C(=O)c2cc3ccccc3cc2O)CC1. The van der Waals surface area contributed by atoms with Crippen LogP contribution in [-0.4, -0.2) is 47.0 Å². The molecule has 1 heterocycles. The lowest BCUT2D eigenvalue weighted by Crippen LogP contribution is -2.35. The molecule has 1 aliphatic rings. The minimum Gasteiger partial charge on any atom is -0.507 e. The molecule has 4 rings (SSSR count). The lowest BCUT2D eigenvalue weighted by Gasteiger charge is -2.23. The first-order valence-corrected chi connectivity index (χ1v) is 9.90. The molecule has 0 bridgehead atoms. The van der Waals surface area contributed by atoms with Crippen molar-refractivity contribution in [2.45, 2.75) is 19.9 Å². The van der Waals surface area contributed by atoms with Crippen LogP contribution in [0.4, 0.5) is 0 Å². The highest BCUT2D eigenvalue weighted by Crippen LogP contribution is 2.26. The first-order valence-electron chi connectivity index (χ1n) is 9.90. The smallest absolute Gasteiger partial charge is 0.257 e. The van der Waals surface area contributed by atoms with Crippen LogP contribution in [0.5, 0.6) is 5.75 Å². The number of nitrogens with zero attached hydrogens (tertiary/aromatic N) is 2. The van der Waals surface area contributed by atoms with E-state index in [1.165, 1.54) is 11.1 Å². The molecule has 1 N–H and O–H groups in total. The van der Waals surface area contributed by atoms with Gasteiger partial charge in [-0.05, 0) is 47.4 Å². The van der Waals surface area contributed by atoms with E-state index in [1.54, 1.807) is 6.07 Å². The van der Waals surface area contributed by atoms with Crippen LogP contribution in [-0.2, 0) is 6.54 Å². The molecule has 1 aliphatic heterocycles. The number of aryl methyl sites for hydroxylation is 1. The molecular formula is C24H26N2O2. The first kappa shape index (κ1) is 18.5. The van der Waals surface area contributed by atoms with Gasteiger partial charge in [-0.15, -0.1) is 0 Å². The van der Waals surface area contributed by atoms with Crippen LogP contribution in [0.25, 0.3) is 10.8 Å². The Morgan fingerprint density at radius 2 is 1.64 bits per heavy atom. The van der Waals surface area contributed by atoms with Crippen LogP contribution in [0, 0.1) is 6.92 Å². The van der Waals surface area contributed by atoms with Gasteiger partial charge >= 0.3 is 0 Å². The molecule has 0 aliphatic carbocycles. The van der Waals surface area contributed by atoms with Crippen LogP contribution < -0.4 is 0 Å². The van der Waals surface area contributed by atoms with E-state index in [1.807, 2.05) is 35.2 Å². The maximum absolute atomic E-state index is 13.1. The number of aromatic hydroxyl groups is 1. The summed E-state index contributed by atoms with van der Waals surface area (Å²) in [6, 6.07) is 19.8. The van der Waals surface area contributed by atoms with Gasteiger partial charge in [-0.3, -0.25) is 9.69 Å². The fourth-order valence-corrected chi connectivity index (χ4v) is 3.93. The third-order valence-corrected chi connectivity index (χ3v) is 5.63. The van der Waals surface area contributed by atoms with Gasteiger partial charge in [0.1, 0.15) is 5.75 Å². The van der Waals surface area contributed by atoms with Crippen molar-refractivity contribution in [3.05, 3.63) is 77.4 Å². The molecule has 1 fully saturated rings. The largest absolute Gasteiger partial charge is 0.507 e. The number of hydrogen-bond donors (Lipinski definition) is 1. The summed E-state index contributed by atoms with van der Waals surface area (Å²) >= 11 is 0. The van der Waals surface area contributed by atoms with E-state index in [9.17, 15) is 9.90 Å². The third-order valence-electron chi connectivity index (χ3n) is 5.63. The Bertz CT molecular complexity index is 999. The summed E-state index contributed by atoms with van der Waals surface area (Å²) in [5.74, 6) is -0.0225. The van der Waals surface area contributed by atoms with E-state index in [-0.39, 0.29) is 11.7 Å². The van der Waals surface area contributed by atoms with Crippen LogP contribution in [0.1, 0.15) is 27.9 Å². The summed E-state index contributed by atoms with van der Waals surface area (Å²) in [6.07, 6.45) is 0.936. The molecule has 28 heavy (non-hydrogen) atoms. The van der Waals surface area contributed by atoms with Gasteiger partial charge in [0.25, 0.3) is 5.91 Å². The van der Waals surface area contributed by atoms with Gasteiger partial charge < -0.3 is 10.0 Å². The van der Waals surface area contributed by atoms with Crippen molar-refractivity contribution < 1.29 is 9.90 Å². The van der Waals surface area contributed by atoms with Crippen molar-refractivity contribution in [2.24, 2.45) is 0 Å². The first-order chi connectivity index (χ1) is 13.6. The molecule has 3 aromatic carbocycles. The minimum atomic E-state index is -0.0824. The van der Waals surface area contributed by atoms with E-state index in [2.05, 4.69) is 36.1 Å². The second kappa shape index (κ2) is 8.03. The second-order valence-electron chi connectivity index (χ2n) is 7.56. The number of amides is 1. The molecule has 144 valence electrons. The molecule has 0 aromatic heterocycles. The number of phenols is 1. The van der Waals surface area contributed by atoms with Gasteiger partial charge in [-0.1, -0.05) is 48.5 Å². The predicted octanol–water partition coefficient (Wildman–Crippen LogP) is 4.20. The van der Waals surface area contributed by atoms with E-state index < -0.39 is 0 Å². The second-order valence-corrected chi connectivity index (χ2v) is 7.56. The van der Waals surface area contributed by atoms with Crippen molar-refractivity contribution in [3.63, 3.8) is 0 Å². The Hall–Kier alpha value is -2.85. The van der Waals surface area contributed by atoms with Gasteiger partial charge in [0.05, 0.1) is 5.56 Å². The number of rotatable bonds is 3. The molecule has 1 amide bonds. The molecule has 0 radical (unpaired) electrons. The van der Waals surface area contributed by atoms with Gasteiger partial charge in [0.15, 0.2) is 0 Å². The Kier molecular flexibility index (Phi) is 5.31. The van der Waals surface area contributed by atoms with Crippen LogP contribution in [0.15, 0.2) is 60.7 Å². The minimum absolute atomic E-state index is 0.0599. The third kappa shape index (κ3) is 3.87. The summed E-state index contributed by atoms with van der Waals surface area (Å²) in [6.45, 7) is 6.27. The fourth-order valence-electron chi connectivity index (χ4n) is 3.93. The Morgan fingerprint density at radius 3 is 2.43 bits per heavy atom. The van der Waals surface area contributed by atoms with E-state index in [0.717, 1.165) is 43.4 Å². The van der Waals surface area contributed by atoms with Gasteiger partial charge in [-0.2, -0.15) is 0 Å². The number of fused-ring (bicyclic) bond motifs is 1. The highest BCUT2D eigenvalue weighted by Gasteiger charge is 2.23. The Labute approximate surface area is 166 Å². The maximum atomic E-state index is 13.1. The summed E-state index contributed by atoms with van der Waals surface area (Å²) in [5, 5.41) is 12.3. The number of carbonyl (C=O) groups excluding carboxylic acids is 1. The highest BCUT2D eigenvalue weighted by atomic mass is 16.3. The van der Waals surface area contributed by atoms with Crippen molar-refractivity contribution in [2.75, 3.05) is 26.2 Å². The maximum Gasteiger partial charge on any atom is 0.257 e. The molecule has 3 aromatic rings. The zero-order valence-corrected chi connectivity index (χ0v) is 16.3. The molecule has 0 unspecified atom stereocenters. The standard InChI is InChI=1S/C24H26N2O2/c1-18-7-2-3-10-21(18)17-25-11-6-12-26(14-13-25)24(28)22-15-19-8-4-5-9-20(19)16-23(22)27/h2-5,7-10,15-16,27H,6,11-14,17H2,1H3. The fraction of sp³-hybridized carbons (Fsp3) is 0.292. The molecule has 0 atom stereocenters. The molecule has 4 nitrogen and oxygen atoms in total. The van der Waals surface area contributed by atoms with Gasteiger partial charge in [0, 0.05) is 32.7 Å². The van der Waals surface area contributed by atoms with Gasteiger partial charge in [-0.25, -0.2) is 0 Å². The van der Waals surface area contributed by atoms with Crippen molar-refractivity contribution in [3.8, 4) is 5.75 Å². The Morgan fingerprint density at radius 1 is 0.929 bits per heavy atom. The monoisotopic (exact) mass is 374 g/mol. The van der Waals surface area contributed by atoms with Crippen molar-refractivity contribution in [1.29, 1.82) is 0 Å². The van der Waals surface area contributed by atoms with E-state index in [0.29, 0.717) is 12.1 Å². The zero-order chi connectivity index (χ0) is 19.5. The lowest BCUT2D eigenvalue weighted by atomic mass is 10.0. The summed E-state index contributed by atoms with van der Waals surface area (Å²) in [5.41, 5.74) is 3.04. The van der Waals surface area contributed by atoms with E-state index >= 15 is 0 Å².